The first-order valence-electron chi connectivity index (χ1n) is 7.32. The van der Waals surface area contributed by atoms with Crippen molar-refractivity contribution in [1.82, 2.24) is 25.4 Å². The number of fused-ring (bicyclic) bond motifs is 1. The van der Waals surface area contributed by atoms with Gasteiger partial charge in [-0.2, -0.15) is 0 Å². The van der Waals surface area contributed by atoms with Crippen LogP contribution in [0.3, 0.4) is 0 Å². The number of hydrogen-bond acceptors (Lipinski definition) is 4. The summed E-state index contributed by atoms with van der Waals surface area (Å²) < 4.78 is 7.47. The quantitative estimate of drug-likeness (QED) is 0.635. The second-order valence-corrected chi connectivity index (χ2v) is 4.92. The van der Waals surface area contributed by atoms with Crippen LogP contribution in [-0.2, 0) is 26.1 Å². The Bertz CT molecular complexity index is 601. The average molecular weight is 288 g/mol. The van der Waals surface area contributed by atoms with E-state index in [-0.39, 0.29) is 0 Å². The molecule has 2 aromatic heterocycles. The van der Waals surface area contributed by atoms with Crippen molar-refractivity contribution in [3.63, 3.8) is 0 Å². The third-order valence-electron chi connectivity index (χ3n) is 3.42. The first kappa shape index (κ1) is 13.7. The van der Waals surface area contributed by atoms with Crippen LogP contribution in [0.5, 0.6) is 0 Å². The summed E-state index contributed by atoms with van der Waals surface area (Å²) in [5, 5.41) is 14.9. The lowest BCUT2D eigenvalue weighted by molar-refractivity contribution is 0.501. The van der Waals surface area contributed by atoms with E-state index in [0.29, 0.717) is 13.1 Å². The van der Waals surface area contributed by atoms with Gasteiger partial charge in [-0.15, -0.1) is 10.2 Å². The molecule has 0 saturated carbocycles. The normalized spacial score (nSPS) is 14.2. The van der Waals surface area contributed by atoms with E-state index in [4.69, 9.17) is 4.42 Å². The minimum Gasteiger partial charge on any atom is -0.467 e. The summed E-state index contributed by atoms with van der Waals surface area (Å²) in [6.07, 6.45) is 3.84. The standard InChI is InChI=1S/C14H20N6O/c1-2-15-14(16-9-11-5-4-8-21-11)17-10-13-19-18-12-6-3-7-20(12)13/h4-5,8H,2-3,6-7,9-10H2,1H3,(H2,15,16,17). The molecule has 1 aliphatic heterocycles. The number of guanidine groups is 1. The highest BCUT2D eigenvalue weighted by molar-refractivity contribution is 5.79. The first-order valence-corrected chi connectivity index (χ1v) is 7.32. The Morgan fingerprint density at radius 3 is 3.19 bits per heavy atom. The van der Waals surface area contributed by atoms with E-state index < -0.39 is 0 Å². The molecule has 0 unspecified atom stereocenters. The molecule has 3 heterocycles. The van der Waals surface area contributed by atoms with Crippen LogP contribution in [0.1, 0.15) is 30.8 Å². The molecule has 2 N–H and O–H groups in total. The highest BCUT2D eigenvalue weighted by Gasteiger charge is 2.16. The fraction of sp³-hybridized carbons (Fsp3) is 0.500. The van der Waals surface area contributed by atoms with Crippen LogP contribution in [0.4, 0.5) is 0 Å². The summed E-state index contributed by atoms with van der Waals surface area (Å²) in [6, 6.07) is 3.81. The number of nitrogens with zero attached hydrogens (tertiary/aromatic N) is 4. The summed E-state index contributed by atoms with van der Waals surface area (Å²) in [5.41, 5.74) is 0. The zero-order valence-electron chi connectivity index (χ0n) is 12.2. The Hall–Kier alpha value is -2.31. The minimum absolute atomic E-state index is 0.528. The molecule has 0 atom stereocenters. The molecule has 0 radical (unpaired) electrons. The van der Waals surface area contributed by atoms with Crippen LogP contribution in [0, 0.1) is 0 Å². The minimum atomic E-state index is 0.528. The zero-order valence-corrected chi connectivity index (χ0v) is 12.2. The van der Waals surface area contributed by atoms with E-state index in [0.717, 1.165) is 49.3 Å². The number of nitrogens with one attached hydrogen (secondary N) is 2. The van der Waals surface area contributed by atoms with Gasteiger partial charge >= 0.3 is 0 Å². The molecule has 0 spiro atoms. The van der Waals surface area contributed by atoms with Crippen LogP contribution >= 0.6 is 0 Å². The topological polar surface area (TPSA) is 80.3 Å². The Balaban J connectivity index is 1.62. The molecule has 0 aromatic carbocycles. The van der Waals surface area contributed by atoms with Gasteiger partial charge in [-0.25, -0.2) is 4.99 Å². The fourth-order valence-corrected chi connectivity index (χ4v) is 2.40. The molecule has 0 aliphatic carbocycles. The molecule has 21 heavy (non-hydrogen) atoms. The van der Waals surface area contributed by atoms with Crippen molar-refractivity contribution in [3.8, 4) is 0 Å². The Morgan fingerprint density at radius 1 is 1.43 bits per heavy atom. The number of aromatic nitrogens is 3. The predicted molar refractivity (Wildman–Crippen MR) is 78.7 cm³/mol. The zero-order chi connectivity index (χ0) is 14.5. The largest absolute Gasteiger partial charge is 0.467 e. The van der Waals surface area contributed by atoms with Crippen LogP contribution in [-0.4, -0.2) is 27.3 Å². The van der Waals surface area contributed by atoms with Gasteiger partial charge in [0.15, 0.2) is 11.8 Å². The van der Waals surface area contributed by atoms with Crippen molar-refractivity contribution in [3.05, 3.63) is 35.8 Å². The molecule has 7 heteroatoms. The second-order valence-electron chi connectivity index (χ2n) is 4.92. The third-order valence-corrected chi connectivity index (χ3v) is 3.42. The molecular formula is C14H20N6O. The summed E-state index contributed by atoms with van der Waals surface area (Å²) >= 11 is 0. The van der Waals surface area contributed by atoms with Gasteiger partial charge in [-0.1, -0.05) is 0 Å². The van der Waals surface area contributed by atoms with E-state index in [1.165, 1.54) is 0 Å². The maximum absolute atomic E-state index is 5.30. The summed E-state index contributed by atoms with van der Waals surface area (Å²) in [4.78, 5) is 4.56. The SMILES string of the molecule is CCNC(=NCc1nnc2n1CCC2)NCc1ccco1. The van der Waals surface area contributed by atoms with Crippen LogP contribution < -0.4 is 10.6 Å². The van der Waals surface area contributed by atoms with Crippen molar-refractivity contribution in [2.45, 2.75) is 39.4 Å². The molecule has 3 rings (SSSR count). The van der Waals surface area contributed by atoms with Crippen molar-refractivity contribution in [2.75, 3.05) is 6.54 Å². The van der Waals surface area contributed by atoms with E-state index in [1.54, 1.807) is 6.26 Å². The van der Waals surface area contributed by atoms with Gasteiger partial charge in [0.05, 0.1) is 12.8 Å². The maximum atomic E-state index is 5.30. The van der Waals surface area contributed by atoms with Gasteiger partial charge in [-0.05, 0) is 25.5 Å². The highest BCUT2D eigenvalue weighted by Crippen LogP contribution is 2.14. The maximum Gasteiger partial charge on any atom is 0.192 e. The number of furan rings is 1. The number of aryl methyl sites for hydroxylation is 1. The Morgan fingerprint density at radius 2 is 2.38 bits per heavy atom. The van der Waals surface area contributed by atoms with Gasteiger partial charge < -0.3 is 19.6 Å². The summed E-state index contributed by atoms with van der Waals surface area (Å²) in [7, 11) is 0. The molecule has 2 aromatic rings. The Kier molecular flexibility index (Phi) is 4.18. The van der Waals surface area contributed by atoms with Crippen molar-refractivity contribution in [2.24, 2.45) is 4.99 Å². The van der Waals surface area contributed by atoms with E-state index in [1.807, 2.05) is 19.1 Å². The lowest BCUT2D eigenvalue weighted by Crippen LogP contribution is -2.36. The highest BCUT2D eigenvalue weighted by atomic mass is 16.3. The van der Waals surface area contributed by atoms with Crippen molar-refractivity contribution < 1.29 is 4.42 Å². The number of aliphatic imine (C=N–C) groups is 1. The molecule has 0 amide bonds. The summed E-state index contributed by atoms with van der Waals surface area (Å²) in [5.74, 6) is 3.64. The molecule has 1 aliphatic rings. The van der Waals surface area contributed by atoms with Crippen molar-refractivity contribution in [1.29, 1.82) is 0 Å². The number of rotatable bonds is 5. The van der Waals surface area contributed by atoms with Crippen LogP contribution in [0.15, 0.2) is 27.8 Å². The van der Waals surface area contributed by atoms with Crippen LogP contribution in [0.2, 0.25) is 0 Å². The van der Waals surface area contributed by atoms with Gasteiger partial charge in [0, 0.05) is 19.5 Å². The van der Waals surface area contributed by atoms with E-state index in [2.05, 4.69) is 30.4 Å². The van der Waals surface area contributed by atoms with Crippen molar-refractivity contribution >= 4 is 5.96 Å². The smallest absolute Gasteiger partial charge is 0.192 e. The second kappa shape index (κ2) is 6.43. The van der Waals surface area contributed by atoms with E-state index >= 15 is 0 Å². The van der Waals surface area contributed by atoms with Gasteiger partial charge in [0.1, 0.15) is 18.1 Å². The van der Waals surface area contributed by atoms with E-state index in [9.17, 15) is 0 Å². The molecule has 7 nitrogen and oxygen atoms in total. The Labute approximate surface area is 123 Å². The molecule has 0 bridgehead atoms. The van der Waals surface area contributed by atoms with Gasteiger partial charge in [0.2, 0.25) is 0 Å². The average Bonchev–Trinajstić information content (AvgIpc) is 3.19. The molecular weight excluding hydrogens is 268 g/mol. The monoisotopic (exact) mass is 288 g/mol. The molecule has 0 fully saturated rings. The van der Waals surface area contributed by atoms with Crippen LogP contribution in [0.25, 0.3) is 0 Å². The van der Waals surface area contributed by atoms with Gasteiger partial charge in [0.25, 0.3) is 0 Å². The predicted octanol–water partition coefficient (Wildman–Crippen LogP) is 1.07. The lowest BCUT2D eigenvalue weighted by Gasteiger charge is -2.10. The van der Waals surface area contributed by atoms with Gasteiger partial charge in [-0.3, -0.25) is 0 Å². The molecule has 0 saturated heterocycles. The fourth-order valence-electron chi connectivity index (χ4n) is 2.40. The number of hydrogen-bond donors (Lipinski definition) is 2. The summed E-state index contributed by atoms with van der Waals surface area (Å²) in [6.45, 7) is 4.99. The lowest BCUT2D eigenvalue weighted by atomic mass is 10.4. The first-order chi connectivity index (χ1) is 10.4. The molecule has 112 valence electrons. The third kappa shape index (κ3) is 3.24.